The average molecular weight is 379 g/mol. The monoisotopic (exact) mass is 378 g/mol. The molecule has 0 aromatic heterocycles. The van der Waals surface area contributed by atoms with Crippen LogP contribution < -0.4 is 9.47 Å². The molecule has 28 heavy (non-hydrogen) atoms. The SMILES string of the molecule is c1ccc2c(c1)CCC(CN1CCN(CC3CCc4ccccc4O3)CC1)O2. The Hall–Kier alpha value is -2.04. The summed E-state index contributed by atoms with van der Waals surface area (Å²) in [4.78, 5) is 5.15. The minimum absolute atomic E-state index is 0.333. The minimum Gasteiger partial charge on any atom is -0.489 e. The van der Waals surface area contributed by atoms with Crippen molar-refractivity contribution >= 4 is 0 Å². The molecule has 3 heterocycles. The Morgan fingerprint density at radius 3 is 1.54 bits per heavy atom. The molecule has 0 amide bonds. The van der Waals surface area contributed by atoms with Gasteiger partial charge in [0.2, 0.25) is 0 Å². The summed E-state index contributed by atoms with van der Waals surface area (Å²) in [5, 5.41) is 0. The van der Waals surface area contributed by atoms with Gasteiger partial charge in [0.05, 0.1) is 0 Å². The lowest BCUT2D eigenvalue weighted by atomic mass is 10.0. The van der Waals surface area contributed by atoms with Gasteiger partial charge in [-0.25, -0.2) is 0 Å². The second-order valence-electron chi connectivity index (χ2n) is 8.37. The second-order valence-corrected chi connectivity index (χ2v) is 8.37. The zero-order valence-corrected chi connectivity index (χ0v) is 16.6. The number of rotatable bonds is 4. The van der Waals surface area contributed by atoms with Crippen LogP contribution in [0, 0.1) is 0 Å². The van der Waals surface area contributed by atoms with Gasteiger partial charge in [-0.2, -0.15) is 0 Å². The van der Waals surface area contributed by atoms with Crippen molar-refractivity contribution in [2.45, 2.75) is 37.9 Å². The van der Waals surface area contributed by atoms with E-state index in [-0.39, 0.29) is 0 Å². The summed E-state index contributed by atoms with van der Waals surface area (Å²) in [7, 11) is 0. The lowest BCUT2D eigenvalue weighted by Gasteiger charge is -2.39. The van der Waals surface area contributed by atoms with E-state index in [0.29, 0.717) is 12.2 Å². The molecule has 0 bridgehead atoms. The molecule has 2 atom stereocenters. The van der Waals surface area contributed by atoms with E-state index in [1.807, 2.05) is 0 Å². The van der Waals surface area contributed by atoms with Gasteiger partial charge < -0.3 is 9.47 Å². The average Bonchev–Trinajstić information content (AvgIpc) is 2.75. The second kappa shape index (κ2) is 8.14. The molecule has 0 spiro atoms. The minimum atomic E-state index is 0.333. The molecule has 148 valence electrons. The van der Waals surface area contributed by atoms with Gasteiger partial charge in [-0.1, -0.05) is 36.4 Å². The van der Waals surface area contributed by atoms with Gasteiger partial charge >= 0.3 is 0 Å². The summed E-state index contributed by atoms with van der Waals surface area (Å²) >= 11 is 0. The molecular weight excluding hydrogens is 348 g/mol. The molecule has 2 unspecified atom stereocenters. The Morgan fingerprint density at radius 2 is 1.07 bits per heavy atom. The zero-order chi connectivity index (χ0) is 18.8. The van der Waals surface area contributed by atoms with Gasteiger partial charge in [0, 0.05) is 39.3 Å². The maximum Gasteiger partial charge on any atom is 0.122 e. The predicted octanol–water partition coefficient (Wildman–Crippen LogP) is 3.39. The molecule has 1 fully saturated rings. The van der Waals surface area contributed by atoms with Crippen LogP contribution in [0.15, 0.2) is 48.5 Å². The smallest absolute Gasteiger partial charge is 0.122 e. The van der Waals surface area contributed by atoms with Gasteiger partial charge in [-0.3, -0.25) is 9.80 Å². The fourth-order valence-electron chi connectivity index (χ4n) is 4.75. The van der Waals surface area contributed by atoms with E-state index in [1.165, 1.54) is 11.1 Å². The molecule has 4 nitrogen and oxygen atoms in total. The lowest BCUT2D eigenvalue weighted by Crippen LogP contribution is -2.51. The molecule has 2 aromatic rings. The van der Waals surface area contributed by atoms with Crippen LogP contribution in [0.3, 0.4) is 0 Å². The first-order valence-electron chi connectivity index (χ1n) is 10.8. The van der Waals surface area contributed by atoms with Crippen LogP contribution >= 0.6 is 0 Å². The van der Waals surface area contributed by atoms with Crippen molar-refractivity contribution in [1.82, 2.24) is 9.80 Å². The molecule has 1 saturated heterocycles. The third kappa shape index (κ3) is 4.03. The molecule has 4 heteroatoms. The summed E-state index contributed by atoms with van der Waals surface area (Å²) < 4.78 is 12.5. The van der Waals surface area contributed by atoms with E-state index in [1.54, 1.807) is 0 Å². The largest absolute Gasteiger partial charge is 0.489 e. The van der Waals surface area contributed by atoms with Crippen molar-refractivity contribution in [2.75, 3.05) is 39.3 Å². The maximum atomic E-state index is 6.24. The first kappa shape index (κ1) is 18.0. The topological polar surface area (TPSA) is 24.9 Å². The van der Waals surface area contributed by atoms with Gasteiger partial charge in [0.25, 0.3) is 0 Å². The number of fused-ring (bicyclic) bond motifs is 2. The summed E-state index contributed by atoms with van der Waals surface area (Å²) in [6, 6.07) is 17.0. The van der Waals surface area contributed by atoms with Crippen molar-refractivity contribution in [3.05, 3.63) is 59.7 Å². The summed E-state index contributed by atoms with van der Waals surface area (Å²) in [5.41, 5.74) is 2.72. The maximum absolute atomic E-state index is 6.24. The molecule has 0 saturated carbocycles. The van der Waals surface area contributed by atoms with Gasteiger partial charge in [0.15, 0.2) is 0 Å². The Kier molecular flexibility index (Phi) is 5.24. The zero-order valence-electron chi connectivity index (χ0n) is 16.6. The Morgan fingerprint density at radius 1 is 0.643 bits per heavy atom. The van der Waals surface area contributed by atoms with E-state index in [9.17, 15) is 0 Å². The number of nitrogens with zero attached hydrogens (tertiary/aromatic N) is 2. The van der Waals surface area contributed by atoms with Crippen LogP contribution in [-0.2, 0) is 12.8 Å². The van der Waals surface area contributed by atoms with E-state index in [4.69, 9.17) is 9.47 Å². The van der Waals surface area contributed by atoms with Gasteiger partial charge in [0.1, 0.15) is 23.7 Å². The normalized spacial score (nSPS) is 25.3. The van der Waals surface area contributed by atoms with E-state index >= 15 is 0 Å². The van der Waals surface area contributed by atoms with Crippen molar-refractivity contribution in [3.8, 4) is 11.5 Å². The first-order chi connectivity index (χ1) is 13.8. The van der Waals surface area contributed by atoms with Crippen molar-refractivity contribution in [1.29, 1.82) is 0 Å². The molecule has 2 aromatic carbocycles. The third-order valence-corrected chi connectivity index (χ3v) is 6.39. The van der Waals surface area contributed by atoms with Crippen LogP contribution in [-0.4, -0.2) is 61.3 Å². The molecule has 0 N–H and O–H groups in total. The fraction of sp³-hybridized carbons (Fsp3) is 0.500. The van der Waals surface area contributed by atoms with E-state index in [0.717, 1.165) is 76.5 Å². The Labute approximate surface area is 168 Å². The van der Waals surface area contributed by atoms with Gasteiger partial charge in [-0.15, -0.1) is 0 Å². The summed E-state index contributed by atoms with van der Waals surface area (Å²) in [6.07, 6.45) is 5.21. The predicted molar refractivity (Wildman–Crippen MR) is 111 cm³/mol. The standard InChI is InChI=1S/C24H30N2O2/c1-3-7-23-19(5-1)9-11-21(27-23)17-25-13-15-26(16-14-25)18-22-12-10-20-6-2-4-8-24(20)28-22/h1-8,21-22H,9-18H2. The van der Waals surface area contributed by atoms with Crippen LogP contribution in [0.2, 0.25) is 0 Å². The molecule has 0 aliphatic carbocycles. The number of ether oxygens (including phenoxy) is 2. The third-order valence-electron chi connectivity index (χ3n) is 6.39. The van der Waals surface area contributed by atoms with Crippen LogP contribution in [0.25, 0.3) is 0 Å². The summed E-state index contributed by atoms with van der Waals surface area (Å²) in [5.74, 6) is 2.18. The molecule has 5 rings (SSSR count). The fourth-order valence-corrected chi connectivity index (χ4v) is 4.75. The number of hydrogen-bond acceptors (Lipinski definition) is 4. The summed E-state index contributed by atoms with van der Waals surface area (Å²) in [6.45, 7) is 6.62. The molecule has 3 aliphatic rings. The van der Waals surface area contributed by atoms with Crippen LogP contribution in [0.1, 0.15) is 24.0 Å². The number of aryl methyl sites for hydroxylation is 2. The highest BCUT2D eigenvalue weighted by Gasteiger charge is 2.27. The number of para-hydroxylation sites is 2. The Bertz CT molecular complexity index is 733. The molecule has 3 aliphatic heterocycles. The van der Waals surface area contributed by atoms with Crippen molar-refractivity contribution in [3.63, 3.8) is 0 Å². The van der Waals surface area contributed by atoms with Gasteiger partial charge in [-0.05, 0) is 48.9 Å². The lowest BCUT2D eigenvalue weighted by molar-refractivity contribution is 0.0514. The van der Waals surface area contributed by atoms with Crippen LogP contribution in [0.4, 0.5) is 0 Å². The highest BCUT2D eigenvalue weighted by Crippen LogP contribution is 2.29. The van der Waals surface area contributed by atoms with E-state index < -0.39 is 0 Å². The number of benzene rings is 2. The quantitative estimate of drug-likeness (QED) is 0.814. The van der Waals surface area contributed by atoms with Crippen LogP contribution in [0.5, 0.6) is 11.5 Å². The van der Waals surface area contributed by atoms with Crippen molar-refractivity contribution < 1.29 is 9.47 Å². The molecule has 0 radical (unpaired) electrons. The van der Waals surface area contributed by atoms with E-state index in [2.05, 4.69) is 58.3 Å². The Balaban J connectivity index is 1.08. The number of hydrogen-bond donors (Lipinski definition) is 0. The highest BCUT2D eigenvalue weighted by atomic mass is 16.5. The molecular formula is C24H30N2O2. The highest BCUT2D eigenvalue weighted by molar-refractivity contribution is 5.36. The van der Waals surface area contributed by atoms with Crippen molar-refractivity contribution in [2.24, 2.45) is 0 Å². The number of piperazine rings is 1. The first-order valence-corrected chi connectivity index (χ1v) is 10.8.